The summed E-state index contributed by atoms with van der Waals surface area (Å²) in [5, 5.41) is 7.05. The molecule has 2 aliphatic rings. The topological polar surface area (TPSA) is 82.2 Å². The number of hydrogen-bond acceptors (Lipinski definition) is 5. The second kappa shape index (κ2) is 7.21. The molecule has 7 nitrogen and oxygen atoms in total. The Morgan fingerprint density at radius 2 is 1.97 bits per heavy atom. The number of nitrogens with one attached hydrogen (secondary N) is 1. The van der Waals surface area contributed by atoms with Crippen LogP contribution in [0, 0.1) is 13.8 Å². The summed E-state index contributed by atoms with van der Waals surface area (Å²) >= 11 is 0. The van der Waals surface area contributed by atoms with Crippen LogP contribution < -0.4 is 5.32 Å². The number of rotatable bonds is 3. The predicted octanol–water partition coefficient (Wildman–Crippen LogP) is 4.98. The van der Waals surface area contributed by atoms with Crippen LogP contribution in [0.25, 0.3) is 22.2 Å². The van der Waals surface area contributed by atoms with Gasteiger partial charge in [0.15, 0.2) is 0 Å². The molecule has 7 heteroatoms. The number of carbonyl (C=O) groups is 1. The molecule has 2 aromatic heterocycles. The van der Waals surface area contributed by atoms with Crippen LogP contribution in [0.2, 0.25) is 0 Å². The van der Waals surface area contributed by atoms with Gasteiger partial charge in [0.05, 0.1) is 29.4 Å². The average molecular weight is 394 g/mol. The lowest BCUT2D eigenvalue weighted by molar-refractivity contribution is 0.113. The molecule has 1 amide bonds. The van der Waals surface area contributed by atoms with Gasteiger partial charge in [-0.15, -0.1) is 0 Å². The Morgan fingerprint density at radius 1 is 1.14 bits per heavy atom. The number of hydrogen-bond donors (Lipinski definition) is 1. The molecule has 0 spiro atoms. The molecule has 1 aromatic carbocycles. The number of carbonyl (C=O) groups excluding carboxylic acids is 1. The largest absolute Gasteiger partial charge is 0.449 e. The van der Waals surface area contributed by atoms with Crippen molar-refractivity contribution in [2.75, 3.05) is 6.61 Å². The Morgan fingerprint density at radius 3 is 2.69 bits per heavy atom. The molecule has 3 aromatic rings. The zero-order chi connectivity index (χ0) is 20.0. The Bertz CT molecular complexity index is 1040. The SMILES string of the molecule is Cc1noc(C)c1-c1ccc2c(c1)nc([C@@H]1CCOC(=O)N1)n2C1CCCCC1. The number of alkyl carbamates (subject to hydrolysis) is 1. The number of cyclic esters (lactones) is 1. The number of fused-ring (bicyclic) bond motifs is 1. The first kappa shape index (κ1) is 18.2. The average Bonchev–Trinajstić information content (AvgIpc) is 3.28. The van der Waals surface area contributed by atoms with E-state index in [2.05, 4.69) is 33.2 Å². The highest BCUT2D eigenvalue weighted by Crippen LogP contribution is 2.37. The second-order valence-electron chi connectivity index (χ2n) is 8.16. The van der Waals surface area contributed by atoms with Crippen molar-refractivity contribution < 1.29 is 14.1 Å². The van der Waals surface area contributed by atoms with Crippen molar-refractivity contribution in [3.8, 4) is 11.1 Å². The summed E-state index contributed by atoms with van der Waals surface area (Å²) in [6.45, 7) is 4.32. The van der Waals surface area contributed by atoms with Gasteiger partial charge in [-0.05, 0) is 44.4 Å². The zero-order valence-corrected chi connectivity index (χ0v) is 16.9. The zero-order valence-electron chi connectivity index (χ0n) is 16.9. The molecule has 152 valence electrons. The summed E-state index contributed by atoms with van der Waals surface area (Å²) < 4.78 is 12.8. The van der Waals surface area contributed by atoms with Crippen LogP contribution in [0.5, 0.6) is 0 Å². The second-order valence-corrected chi connectivity index (χ2v) is 8.16. The first-order chi connectivity index (χ1) is 14.1. The van der Waals surface area contributed by atoms with E-state index < -0.39 is 0 Å². The summed E-state index contributed by atoms with van der Waals surface area (Å²) in [5.41, 5.74) is 5.04. The maximum absolute atomic E-state index is 11.8. The fourth-order valence-electron chi connectivity index (χ4n) is 4.86. The molecule has 1 saturated heterocycles. The van der Waals surface area contributed by atoms with E-state index >= 15 is 0 Å². The molecular weight excluding hydrogens is 368 g/mol. The van der Waals surface area contributed by atoms with Gasteiger partial charge in [-0.2, -0.15) is 0 Å². The maximum atomic E-state index is 11.8. The molecule has 29 heavy (non-hydrogen) atoms. The molecule has 0 bridgehead atoms. The fraction of sp³-hybridized carbons (Fsp3) is 0.500. The van der Waals surface area contributed by atoms with Crippen molar-refractivity contribution in [1.82, 2.24) is 20.0 Å². The van der Waals surface area contributed by atoms with Crippen molar-refractivity contribution in [3.05, 3.63) is 35.5 Å². The molecule has 1 N–H and O–H groups in total. The van der Waals surface area contributed by atoms with E-state index in [0.717, 1.165) is 58.7 Å². The summed E-state index contributed by atoms with van der Waals surface area (Å²) in [4.78, 5) is 16.9. The van der Waals surface area contributed by atoms with Gasteiger partial charge < -0.3 is 19.1 Å². The predicted molar refractivity (Wildman–Crippen MR) is 109 cm³/mol. The molecule has 1 saturated carbocycles. The van der Waals surface area contributed by atoms with E-state index in [9.17, 15) is 4.79 Å². The van der Waals surface area contributed by atoms with Crippen LogP contribution >= 0.6 is 0 Å². The summed E-state index contributed by atoms with van der Waals surface area (Å²) in [5.74, 6) is 1.75. The Labute approximate surface area is 169 Å². The highest BCUT2D eigenvalue weighted by Gasteiger charge is 2.30. The van der Waals surface area contributed by atoms with Gasteiger partial charge in [-0.3, -0.25) is 0 Å². The van der Waals surface area contributed by atoms with Gasteiger partial charge in [0.2, 0.25) is 0 Å². The monoisotopic (exact) mass is 394 g/mol. The van der Waals surface area contributed by atoms with Gasteiger partial charge in [0.1, 0.15) is 11.6 Å². The quantitative estimate of drug-likeness (QED) is 0.677. The number of nitrogens with zero attached hydrogens (tertiary/aromatic N) is 3. The van der Waals surface area contributed by atoms with Gasteiger partial charge in [-0.25, -0.2) is 9.78 Å². The Kier molecular flexibility index (Phi) is 4.53. The standard InChI is InChI=1S/C22H26N4O3/c1-13-20(14(2)29-25-13)15-8-9-19-18(12-15)23-21(17-10-11-28-22(27)24-17)26(19)16-6-4-3-5-7-16/h8-9,12,16-17H,3-7,10-11H2,1-2H3,(H,24,27)/t17-/m0/s1. The van der Waals surface area contributed by atoms with Gasteiger partial charge in [-0.1, -0.05) is 30.5 Å². The molecule has 1 atom stereocenters. The smallest absolute Gasteiger partial charge is 0.407 e. The first-order valence-corrected chi connectivity index (χ1v) is 10.5. The van der Waals surface area contributed by atoms with Crippen molar-refractivity contribution in [1.29, 1.82) is 0 Å². The van der Waals surface area contributed by atoms with Crippen molar-refractivity contribution >= 4 is 17.1 Å². The minimum atomic E-state index is -0.361. The lowest BCUT2D eigenvalue weighted by Crippen LogP contribution is -2.37. The van der Waals surface area contributed by atoms with Crippen LogP contribution in [0.4, 0.5) is 4.79 Å². The number of aromatic nitrogens is 3. The van der Waals surface area contributed by atoms with E-state index in [-0.39, 0.29) is 12.1 Å². The third-order valence-corrected chi connectivity index (χ3v) is 6.22. The fourth-order valence-corrected chi connectivity index (χ4v) is 4.86. The number of aryl methyl sites for hydroxylation is 2. The molecule has 5 rings (SSSR count). The van der Waals surface area contributed by atoms with E-state index in [1.165, 1.54) is 19.3 Å². The lowest BCUT2D eigenvalue weighted by atomic mass is 9.94. The van der Waals surface area contributed by atoms with E-state index in [1.54, 1.807) is 0 Å². The van der Waals surface area contributed by atoms with Gasteiger partial charge in [0, 0.05) is 18.0 Å². The first-order valence-electron chi connectivity index (χ1n) is 10.5. The number of amides is 1. The third kappa shape index (κ3) is 3.18. The molecule has 3 heterocycles. The lowest BCUT2D eigenvalue weighted by Gasteiger charge is -2.29. The molecular formula is C22H26N4O3. The summed E-state index contributed by atoms with van der Waals surface area (Å²) in [6.07, 6.45) is 6.45. The molecule has 1 aliphatic carbocycles. The Balaban J connectivity index is 1.64. The number of benzene rings is 1. The molecule has 1 aliphatic heterocycles. The number of ether oxygens (including phenoxy) is 1. The third-order valence-electron chi connectivity index (χ3n) is 6.22. The molecule has 0 unspecified atom stereocenters. The van der Waals surface area contributed by atoms with E-state index in [1.807, 2.05) is 13.8 Å². The minimum absolute atomic E-state index is 0.118. The van der Waals surface area contributed by atoms with Gasteiger partial charge in [0.25, 0.3) is 0 Å². The minimum Gasteiger partial charge on any atom is -0.449 e. The van der Waals surface area contributed by atoms with Crippen LogP contribution in [-0.4, -0.2) is 27.4 Å². The maximum Gasteiger partial charge on any atom is 0.407 e. The van der Waals surface area contributed by atoms with E-state index in [4.69, 9.17) is 14.2 Å². The summed E-state index contributed by atoms with van der Waals surface area (Å²) in [7, 11) is 0. The normalized spacial score (nSPS) is 20.6. The van der Waals surface area contributed by atoms with Crippen LogP contribution in [0.1, 0.15) is 67.9 Å². The van der Waals surface area contributed by atoms with Crippen molar-refractivity contribution in [2.45, 2.75) is 64.5 Å². The molecule has 0 radical (unpaired) electrons. The Hall–Kier alpha value is -2.83. The van der Waals surface area contributed by atoms with Crippen molar-refractivity contribution in [2.24, 2.45) is 0 Å². The van der Waals surface area contributed by atoms with Gasteiger partial charge >= 0.3 is 6.09 Å². The van der Waals surface area contributed by atoms with Crippen molar-refractivity contribution in [3.63, 3.8) is 0 Å². The number of imidazole rings is 1. The van der Waals surface area contributed by atoms with Crippen LogP contribution in [0.3, 0.4) is 0 Å². The van der Waals surface area contributed by atoms with E-state index in [0.29, 0.717) is 12.6 Å². The highest BCUT2D eigenvalue weighted by molar-refractivity contribution is 5.84. The van der Waals surface area contributed by atoms with Crippen LogP contribution in [-0.2, 0) is 4.74 Å². The van der Waals surface area contributed by atoms with Crippen LogP contribution in [0.15, 0.2) is 22.7 Å². The highest BCUT2D eigenvalue weighted by atomic mass is 16.5. The molecule has 2 fully saturated rings. The summed E-state index contributed by atoms with van der Waals surface area (Å²) in [6, 6.07) is 6.71.